The molecule has 1 N–H and O–H groups in total. The highest BCUT2D eigenvalue weighted by molar-refractivity contribution is 14.1. The minimum Gasteiger partial charge on any atom is -0.340 e. The van der Waals surface area contributed by atoms with Crippen LogP contribution in [-0.2, 0) is 16.0 Å². The number of anilines is 1. The zero-order valence-electron chi connectivity index (χ0n) is 14.8. The second-order valence-corrected chi connectivity index (χ2v) is 8.13. The van der Waals surface area contributed by atoms with Gasteiger partial charge in [0.2, 0.25) is 11.8 Å². The average Bonchev–Trinajstić information content (AvgIpc) is 2.66. The third-order valence-electron chi connectivity index (χ3n) is 4.52. The molecule has 5 nitrogen and oxygen atoms in total. The molecule has 0 spiro atoms. The molecule has 2 aromatic carbocycles. The van der Waals surface area contributed by atoms with Crippen molar-refractivity contribution >= 4 is 51.7 Å². The number of carbonyl (C=O) groups is 2. The highest BCUT2D eigenvalue weighted by Crippen LogP contribution is 2.17. The molecule has 0 atom stereocenters. The normalized spacial score (nSPS) is 14.8. The molecule has 1 fully saturated rings. The van der Waals surface area contributed by atoms with Crippen LogP contribution in [0.25, 0.3) is 0 Å². The average molecular weight is 498 g/mol. The van der Waals surface area contributed by atoms with E-state index < -0.39 is 0 Å². The number of benzene rings is 2. The fourth-order valence-corrected chi connectivity index (χ4v) is 3.57. The quantitative estimate of drug-likeness (QED) is 0.645. The lowest BCUT2D eigenvalue weighted by molar-refractivity contribution is -0.132. The molecule has 0 radical (unpaired) electrons. The van der Waals surface area contributed by atoms with Crippen LogP contribution in [0.4, 0.5) is 5.69 Å². The van der Waals surface area contributed by atoms with Gasteiger partial charge in [0, 0.05) is 40.5 Å². The summed E-state index contributed by atoms with van der Waals surface area (Å²) in [5, 5.41) is 3.53. The molecule has 1 aliphatic heterocycles. The number of hydrogen-bond acceptors (Lipinski definition) is 3. The van der Waals surface area contributed by atoms with Gasteiger partial charge in [-0.3, -0.25) is 14.5 Å². The maximum atomic E-state index is 12.5. The van der Waals surface area contributed by atoms with Gasteiger partial charge >= 0.3 is 0 Å². The van der Waals surface area contributed by atoms with Gasteiger partial charge < -0.3 is 10.2 Å². The fraction of sp³-hybridized carbons (Fsp3) is 0.300. The molecule has 7 heteroatoms. The number of hydrogen-bond donors (Lipinski definition) is 1. The molecule has 142 valence electrons. The van der Waals surface area contributed by atoms with E-state index >= 15 is 0 Å². The van der Waals surface area contributed by atoms with Crippen molar-refractivity contribution in [2.75, 3.05) is 38.0 Å². The number of rotatable bonds is 5. The molecule has 1 aliphatic rings. The number of piperazine rings is 1. The summed E-state index contributed by atoms with van der Waals surface area (Å²) in [5.74, 6) is 0.0399. The zero-order chi connectivity index (χ0) is 19.2. The van der Waals surface area contributed by atoms with E-state index in [2.05, 4.69) is 32.8 Å². The van der Waals surface area contributed by atoms with Gasteiger partial charge in [0.1, 0.15) is 0 Å². The van der Waals surface area contributed by atoms with Gasteiger partial charge in [-0.2, -0.15) is 0 Å². The van der Waals surface area contributed by atoms with E-state index in [1.54, 1.807) is 6.07 Å². The van der Waals surface area contributed by atoms with Crippen LogP contribution in [0.5, 0.6) is 0 Å². The molecule has 2 aromatic rings. The molecule has 27 heavy (non-hydrogen) atoms. The molecule has 3 rings (SSSR count). The molecule has 0 aromatic heterocycles. The second-order valence-electron chi connectivity index (χ2n) is 6.48. The van der Waals surface area contributed by atoms with Crippen LogP contribution >= 0.6 is 34.2 Å². The zero-order valence-corrected chi connectivity index (χ0v) is 17.7. The Kier molecular flexibility index (Phi) is 7.09. The Morgan fingerprint density at radius 1 is 1.00 bits per heavy atom. The Balaban J connectivity index is 1.44. The largest absolute Gasteiger partial charge is 0.340 e. The van der Waals surface area contributed by atoms with Crippen LogP contribution in [0.15, 0.2) is 48.5 Å². The Bertz CT molecular complexity index is 805. The van der Waals surface area contributed by atoms with E-state index in [9.17, 15) is 9.59 Å². The van der Waals surface area contributed by atoms with Crippen LogP contribution in [0.1, 0.15) is 5.56 Å². The van der Waals surface area contributed by atoms with Crippen LogP contribution in [-0.4, -0.2) is 54.3 Å². The molecular weight excluding hydrogens is 477 g/mol. The first kappa shape index (κ1) is 20.1. The van der Waals surface area contributed by atoms with Gasteiger partial charge in [-0.15, -0.1) is 0 Å². The highest BCUT2D eigenvalue weighted by atomic mass is 127. The monoisotopic (exact) mass is 497 g/mol. The van der Waals surface area contributed by atoms with Gasteiger partial charge in [-0.25, -0.2) is 0 Å². The maximum absolute atomic E-state index is 12.5. The summed E-state index contributed by atoms with van der Waals surface area (Å²) < 4.78 is 1.13. The first-order chi connectivity index (χ1) is 13.0. The summed E-state index contributed by atoms with van der Waals surface area (Å²) in [4.78, 5) is 28.6. The summed E-state index contributed by atoms with van der Waals surface area (Å²) >= 11 is 8.37. The van der Waals surface area contributed by atoms with Crippen molar-refractivity contribution < 1.29 is 9.59 Å². The third kappa shape index (κ3) is 5.92. The molecule has 0 saturated carbocycles. The standard InChI is InChI=1S/C20H21ClIN3O2/c21-18-4-2-1-3-15(18)13-20(27)25-11-9-24(10-12-25)14-19(26)23-17-7-5-16(22)6-8-17/h1-8H,9-14H2,(H,23,26). The Morgan fingerprint density at radius 2 is 1.67 bits per heavy atom. The van der Waals surface area contributed by atoms with Gasteiger partial charge in [-0.1, -0.05) is 29.8 Å². The van der Waals surface area contributed by atoms with E-state index in [-0.39, 0.29) is 11.8 Å². The van der Waals surface area contributed by atoms with Crippen LogP contribution < -0.4 is 5.32 Å². The minimum absolute atomic E-state index is 0.0351. The summed E-state index contributed by atoms with van der Waals surface area (Å²) in [6.07, 6.45) is 0.312. The van der Waals surface area contributed by atoms with E-state index in [0.29, 0.717) is 44.2 Å². The van der Waals surface area contributed by atoms with Crippen molar-refractivity contribution in [3.05, 3.63) is 62.7 Å². The van der Waals surface area contributed by atoms with E-state index in [1.165, 1.54) is 0 Å². The van der Waals surface area contributed by atoms with Gasteiger partial charge in [-0.05, 0) is 58.5 Å². The Hall–Kier alpha value is -1.64. The summed E-state index contributed by atoms with van der Waals surface area (Å²) in [6.45, 7) is 2.96. The number of halogens is 2. The molecule has 1 saturated heterocycles. The number of nitrogens with zero attached hydrogens (tertiary/aromatic N) is 2. The first-order valence-electron chi connectivity index (χ1n) is 8.80. The number of nitrogens with one attached hydrogen (secondary N) is 1. The summed E-state index contributed by atoms with van der Waals surface area (Å²) in [5.41, 5.74) is 1.65. The van der Waals surface area contributed by atoms with Crippen LogP contribution in [0.3, 0.4) is 0 Å². The number of amides is 2. The lowest BCUT2D eigenvalue weighted by atomic mass is 10.1. The lowest BCUT2D eigenvalue weighted by Gasteiger charge is -2.34. The van der Waals surface area contributed by atoms with Crippen molar-refractivity contribution in [3.8, 4) is 0 Å². The SMILES string of the molecule is O=C(CN1CCN(C(=O)Cc2ccccc2Cl)CC1)Nc1ccc(I)cc1. The summed E-state index contributed by atoms with van der Waals surface area (Å²) in [6, 6.07) is 15.1. The van der Waals surface area contributed by atoms with Gasteiger partial charge in [0.25, 0.3) is 0 Å². The van der Waals surface area contributed by atoms with Crippen molar-refractivity contribution in [3.63, 3.8) is 0 Å². The predicted octanol–water partition coefficient (Wildman–Crippen LogP) is 3.27. The lowest BCUT2D eigenvalue weighted by Crippen LogP contribution is -2.50. The summed E-state index contributed by atoms with van der Waals surface area (Å²) in [7, 11) is 0. The predicted molar refractivity (Wildman–Crippen MR) is 116 cm³/mol. The van der Waals surface area contributed by atoms with Crippen molar-refractivity contribution in [2.24, 2.45) is 0 Å². The van der Waals surface area contributed by atoms with Gasteiger partial charge in [0.05, 0.1) is 13.0 Å². The Morgan fingerprint density at radius 3 is 2.33 bits per heavy atom. The Labute approximate surface area is 177 Å². The maximum Gasteiger partial charge on any atom is 0.238 e. The van der Waals surface area contributed by atoms with Crippen LogP contribution in [0, 0.1) is 3.57 Å². The first-order valence-corrected chi connectivity index (χ1v) is 10.3. The smallest absolute Gasteiger partial charge is 0.238 e. The highest BCUT2D eigenvalue weighted by Gasteiger charge is 2.23. The van der Waals surface area contributed by atoms with E-state index in [1.807, 2.05) is 47.4 Å². The van der Waals surface area contributed by atoms with Crippen molar-refractivity contribution in [1.82, 2.24) is 9.80 Å². The molecule has 1 heterocycles. The molecule has 2 amide bonds. The molecule has 0 aliphatic carbocycles. The minimum atomic E-state index is -0.0351. The van der Waals surface area contributed by atoms with Crippen molar-refractivity contribution in [1.29, 1.82) is 0 Å². The topological polar surface area (TPSA) is 52.7 Å². The molecule has 0 bridgehead atoms. The fourth-order valence-electron chi connectivity index (χ4n) is 3.01. The van der Waals surface area contributed by atoms with E-state index in [4.69, 9.17) is 11.6 Å². The molecular formula is C20H21ClIN3O2. The van der Waals surface area contributed by atoms with Crippen LogP contribution in [0.2, 0.25) is 5.02 Å². The van der Waals surface area contributed by atoms with Gasteiger partial charge in [0.15, 0.2) is 0 Å². The number of carbonyl (C=O) groups excluding carboxylic acids is 2. The van der Waals surface area contributed by atoms with E-state index in [0.717, 1.165) is 14.8 Å². The molecule has 0 unspecified atom stereocenters. The second kappa shape index (κ2) is 9.52. The van der Waals surface area contributed by atoms with Crippen molar-refractivity contribution in [2.45, 2.75) is 6.42 Å². The third-order valence-corrected chi connectivity index (χ3v) is 5.61.